The van der Waals surface area contributed by atoms with E-state index in [2.05, 4.69) is 25.9 Å². The lowest BCUT2D eigenvalue weighted by Crippen LogP contribution is -2.36. The summed E-state index contributed by atoms with van der Waals surface area (Å²) in [5.74, 6) is 1.19. The Morgan fingerprint density at radius 3 is 3.04 bits per heavy atom. The fourth-order valence-electron chi connectivity index (χ4n) is 2.93. The van der Waals surface area contributed by atoms with Gasteiger partial charge in [0.1, 0.15) is 5.82 Å². The van der Waals surface area contributed by atoms with E-state index in [4.69, 9.17) is 0 Å². The minimum atomic E-state index is -0.483. The number of rotatable bonds is 6. The van der Waals surface area contributed by atoms with Gasteiger partial charge in [-0.2, -0.15) is 11.8 Å². The SMILES string of the molecule is O=C(CCCC[C@@H]1SC[C@@H]2NC(=O)N[C@@H]21)Nc1ccnc(=O)[nH]1. The lowest BCUT2D eigenvalue weighted by molar-refractivity contribution is -0.116. The highest BCUT2D eigenvalue weighted by atomic mass is 32.2. The number of aromatic nitrogens is 2. The average Bonchev–Trinajstić information content (AvgIpc) is 3.03. The molecule has 124 valence electrons. The number of H-pyrrole nitrogens is 1. The number of urea groups is 1. The van der Waals surface area contributed by atoms with Crippen molar-refractivity contribution in [2.45, 2.75) is 43.0 Å². The molecule has 0 aromatic carbocycles. The summed E-state index contributed by atoms with van der Waals surface area (Å²) in [5, 5.41) is 8.94. The maximum atomic E-state index is 11.8. The van der Waals surface area contributed by atoms with Crippen LogP contribution < -0.4 is 21.6 Å². The number of fused-ring (bicyclic) bond motifs is 1. The van der Waals surface area contributed by atoms with E-state index in [1.165, 1.54) is 6.20 Å². The molecule has 0 saturated carbocycles. The monoisotopic (exact) mass is 337 g/mol. The molecule has 2 saturated heterocycles. The van der Waals surface area contributed by atoms with Crippen LogP contribution in [-0.4, -0.2) is 45.0 Å². The van der Waals surface area contributed by atoms with Crippen molar-refractivity contribution < 1.29 is 9.59 Å². The first-order chi connectivity index (χ1) is 11.1. The van der Waals surface area contributed by atoms with E-state index in [0.29, 0.717) is 17.5 Å². The molecule has 3 rings (SSSR count). The molecule has 1 aromatic rings. The Morgan fingerprint density at radius 1 is 1.35 bits per heavy atom. The van der Waals surface area contributed by atoms with E-state index >= 15 is 0 Å². The summed E-state index contributed by atoms with van der Waals surface area (Å²) < 4.78 is 0. The molecule has 0 radical (unpaired) electrons. The summed E-state index contributed by atoms with van der Waals surface area (Å²) in [6, 6.07) is 1.92. The number of anilines is 1. The molecule has 2 aliphatic rings. The second-order valence-corrected chi connectivity index (χ2v) is 6.98. The lowest BCUT2D eigenvalue weighted by Gasteiger charge is -2.16. The third kappa shape index (κ3) is 4.04. The fourth-order valence-corrected chi connectivity index (χ4v) is 4.47. The van der Waals surface area contributed by atoms with Crippen molar-refractivity contribution in [1.29, 1.82) is 0 Å². The van der Waals surface area contributed by atoms with Gasteiger partial charge < -0.3 is 16.0 Å². The standard InChI is InChI=1S/C14H19N5O3S/c20-11(17-10-5-6-15-13(21)18-10)4-2-1-3-9-12-8(7-23-9)16-14(22)19-12/h5-6,8-9,12H,1-4,7H2,(H2,16,19,22)(H2,15,17,18,20,21)/t8-,9-,12-/m0/s1. The molecule has 8 nitrogen and oxygen atoms in total. The van der Waals surface area contributed by atoms with Gasteiger partial charge in [0.25, 0.3) is 0 Å². The van der Waals surface area contributed by atoms with Gasteiger partial charge in [0.05, 0.1) is 12.1 Å². The van der Waals surface area contributed by atoms with Gasteiger partial charge in [0.2, 0.25) is 5.91 Å². The Bertz CT molecular complexity index is 649. The molecule has 2 fully saturated rings. The average molecular weight is 337 g/mol. The van der Waals surface area contributed by atoms with Gasteiger partial charge >= 0.3 is 11.7 Å². The molecule has 3 amide bonds. The smallest absolute Gasteiger partial charge is 0.332 e. The van der Waals surface area contributed by atoms with Gasteiger partial charge in [0, 0.05) is 23.6 Å². The summed E-state index contributed by atoms with van der Waals surface area (Å²) >= 11 is 1.88. The number of unbranched alkanes of at least 4 members (excludes halogenated alkanes) is 1. The van der Waals surface area contributed by atoms with Crippen LogP contribution in [0.1, 0.15) is 25.7 Å². The number of amides is 3. The van der Waals surface area contributed by atoms with Crippen LogP contribution in [0.25, 0.3) is 0 Å². The van der Waals surface area contributed by atoms with Crippen LogP contribution >= 0.6 is 11.8 Å². The van der Waals surface area contributed by atoms with E-state index in [1.807, 2.05) is 11.8 Å². The third-order valence-corrected chi connectivity index (χ3v) is 5.54. The Hall–Kier alpha value is -2.03. The van der Waals surface area contributed by atoms with E-state index in [-0.39, 0.29) is 24.0 Å². The van der Waals surface area contributed by atoms with Gasteiger partial charge in [0.15, 0.2) is 0 Å². The molecule has 0 spiro atoms. The molecular formula is C14H19N5O3S. The van der Waals surface area contributed by atoms with Crippen LogP contribution in [0.3, 0.4) is 0 Å². The van der Waals surface area contributed by atoms with Crippen molar-refractivity contribution in [2.75, 3.05) is 11.1 Å². The molecule has 0 bridgehead atoms. The van der Waals surface area contributed by atoms with Crippen LogP contribution in [-0.2, 0) is 4.79 Å². The Kier molecular flexibility index (Phi) is 4.85. The summed E-state index contributed by atoms with van der Waals surface area (Å²) in [5.41, 5.74) is -0.483. The highest BCUT2D eigenvalue weighted by molar-refractivity contribution is 8.00. The zero-order valence-corrected chi connectivity index (χ0v) is 13.3. The van der Waals surface area contributed by atoms with Crippen LogP contribution in [0.4, 0.5) is 10.6 Å². The highest BCUT2D eigenvalue weighted by Crippen LogP contribution is 2.33. The number of nitrogens with zero attached hydrogens (tertiary/aromatic N) is 1. The first kappa shape index (κ1) is 15.9. The Labute approximate surface area is 137 Å². The quantitative estimate of drug-likeness (QED) is 0.444. The summed E-state index contributed by atoms with van der Waals surface area (Å²) in [4.78, 5) is 40.1. The Morgan fingerprint density at radius 2 is 2.22 bits per heavy atom. The zero-order valence-electron chi connectivity index (χ0n) is 12.5. The topological polar surface area (TPSA) is 116 Å². The first-order valence-electron chi connectivity index (χ1n) is 7.65. The van der Waals surface area contributed by atoms with Crippen LogP contribution in [0, 0.1) is 0 Å². The second-order valence-electron chi connectivity index (χ2n) is 5.70. The summed E-state index contributed by atoms with van der Waals surface area (Å²) in [7, 11) is 0. The minimum Gasteiger partial charge on any atom is -0.332 e. The number of hydrogen-bond donors (Lipinski definition) is 4. The van der Waals surface area contributed by atoms with Crippen LogP contribution in [0.2, 0.25) is 0 Å². The third-order valence-electron chi connectivity index (χ3n) is 4.03. The van der Waals surface area contributed by atoms with Crippen LogP contribution in [0.5, 0.6) is 0 Å². The number of nitrogens with one attached hydrogen (secondary N) is 4. The maximum absolute atomic E-state index is 11.8. The number of carbonyl (C=O) groups is 2. The van der Waals surface area contributed by atoms with Gasteiger partial charge in [-0.1, -0.05) is 6.42 Å². The molecule has 3 atom stereocenters. The first-order valence-corrected chi connectivity index (χ1v) is 8.70. The van der Waals surface area contributed by atoms with Gasteiger partial charge in [-0.15, -0.1) is 0 Å². The van der Waals surface area contributed by atoms with Gasteiger partial charge in [-0.3, -0.25) is 9.78 Å². The summed E-state index contributed by atoms with van der Waals surface area (Å²) in [6.07, 6.45) is 4.44. The minimum absolute atomic E-state index is 0.0731. The second kappa shape index (κ2) is 7.03. The van der Waals surface area contributed by atoms with Crippen molar-refractivity contribution in [3.8, 4) is 0 Å². The fraction of sp³-hybridized carbons (Fsp3) is 0.571. The molecule has 9 heteroatoms. The van der Waals surface area contributed by atoms with Crippen molar-refractivity contribution in [2.24, 2.45) is 0 Å². The molecule has 0 unspecified atom stereocenters. The number of aromatic amines is 1. The van der Waals surface area contributed by atoms with E-state index in [9.17, 15) is 14.4 Å². The summed E-state index contributed by atoms with van der Waals surface area (Å²) in [6.45, 7) is 0. The predicted octanol–water partition coefficient (Wildman–Crippen LogP) is 0.434. The largest absolute Gasteiger partial charge is 0.346 e. The molecule has 3 heterocycles. The Balaban J connectivity index is 1.36. The molecule has 4 N–H and O–H groups in total. The molecule has 23 heavy (non-hydrogen) atoms. The van der Waals surface area contributed by atoms with Gasteiger partial charge in [-0.05, 0) is 18.9 Å². The van der Waals surface area contributed by atoms with Gasteiger partial charge in [-0.25, -0.2) is 14.6 Å². The lowest BCUT2D eigenvalue weighted by atomic mass is 10.0. The van der Waals surface area contributed by atoms with Crippen molar-refractivity contribution >= 4 is 29.5 Å². The molecule has 1 aromatic heterocycles. The maximum Gasteiger partial charge on any atom is 0.346 e. The van der Waals surface area contributed by atoms with Crippen molar-refractivity contribution in [1.82, 2.24) is 20.6 Å². The van der Waals surface area contributed by atoms with E-state index in [0.717, 1.165) is 25.0 Å². The predicted molar refractivity (Wildman–Crippen MR) is 87.4 cm³/mol. The number of hydrogen-bond acceptors (Lipinski definition) is 5. The highest BCUT2D eigenvalue weighted by Gasteiger charge is 2.42. The van der Waals surface area contributed by atoms with E-state index in [1.54, 1.807) is 6.07 Å². The number of thioether (sulfide) groups is 1. The normalized spacial score (nSPS) is 25.6. The molecule has 0 aliphatic carbocycles. The van der Waals surface area contributed by atoms with Crippen LogP contribution in [0.15, 0.2) is 17.1 Å². The molecular weight excluding hydrogens is 318 g/mol. The molecule has 2 aliphatic heterocycles. The van der Waals surface area contributed by atoms with Crippen molar-refractivity contribution in [3.05, 3.63) is 22.7 Å². The van der Waals surface area contributed by atoms with Crippen molar-refractivity contribution in [3.63, 3.8) is 0 Å². The zero-order chi connectivity index (χ0) is 16.2. The number of carbonyl (C=O) groups excluding carboxylic acids is 2. The van der Waals surface area contributed by atoms with E-state index < -0.39 is 5.69 Å².